The zero-order valence-corrected chi connectivity index (χ0v) is 20.8. The van der Waals surface area contributed by atoms with Gasteiger partial charge in [-0.2, -0.15) is 18.3 Å². The van der Waals surface area contributed by atoms with Crippen LogP contribution < -0.4 is 5.32 Å². The van der Waals surface area contributed by atoms with Gasteiger partial charge in [-0.05, 0) is 38.3 Å². The number of carbonyl (C=O) groups excluding carboxylic acids is 1. The average molecular weight is 547 g/mol. The lowest BCUT2D eigenvalue weighted by Gasteiger charge is -2.26. The molecule has 0 radical (unpaired) electrons. The van der Waals surface area contributed by atoms with Crippen LogP contribution in [0.5, 0.6) is 0 Å². The molecule has 13 heteroatoms. The van der Waals surface area contributed by atoms with E-state index in [0.717, 1.165) is 25.5 Å². The highest BCUT2D eigenvalue weighted by atomic mass is 35.5. The molecule has 3 heterocycles. The SMILES string of the molecule is CC(O)Cn1ncc(-c2onc(-c3cccc(C(=O)NC4CCC4)c3Cl)c2-c2ccncn2)c1C(F)(F)F. The molecule has 1 fully saturated rings. The summed E-state index contributed by atoms with van der Waals surface area (Å²) >= 11 is 6.66. The summed E-state index contributed by atoms with van der Waals surface area (Å²) in [7, 11) is 0. The number of benzene rings is 1. The van der Waals surface area contributed by atoms with Crippen molar-refractivity contribution in [3.8, 4) is 33.8 Å². The minimum Gasteiger partial charge on any atom is -0.391 e. The number of hydrogen-bond donors (Lipinski definition) is 2. The fourth-order valence-electron chi connectivity index (χ4n) is 4.28. The Bertz CT molecular complexity index is 1470. The molecule has 198 valence electrons. The molecule has 1 aliphatic rings. The van der Waals surface area contributed by atoms with Crippen molar-refractivity contribution in [1.29, 1.82) is 0 Å². The van der Waals surface area contributed by atoms with Gasteiger partial charge in [-0.25, -0.2) is 9.97 Å². The van der Waals surface area contributed by atoms with Crippen LogP contribution in [-0.2, 0) is 12.7 Å². The minimum absolute atomic E-state index is 0.0697. The van der Waals surface area contributed by atoms with E-state index in [9.17, 15) is 23.1 Å². The Hall–Kier alpha value is -3.77. The van der Waals surface area contributed by atoms with Crippen LogP contribution in [-0.4, -0.2) is 48.1 Å². The summed E-state index contributed by atoms with van der Waals surface area (Å²) in [6, 6.07) is 6.34. The van der Waals surface area contributed by atoms with Crippen LogP contribution in [0.3, 0.4) is 0 Å². The fraction of sp³-hybridized carbons (Fsp3) is 0.320. The number of halogens is 4. The summed E-state index contributed by atoms with van der Waals surface area (Å²) in [6.07, 6.45) is 0.573. The van der Waals surface area contributed by atoms with Gasteiger partial charge < -0.3 is 14.9 Å². The Morgan fingerprint density at radius 3 is 2.71 bits per heavy atom. The van der Waals surface area contributed by atoms with Gasteiger partial charge in [0.05, 0.1) is 46.3 Å². The van der Waals surface area contributed by atoms with E-state index in [1.54, 1.807) is 18.2 Å². The summed E-state index contributed by atoms with van der Waals surface area (Å²) in [6.45, 7) is 0.971. The number of nitrogens with one attached hydrogen (secondary N) is 1. The highest BCUT2D eigenvalue weighted by Gasteiger charge is 2.41. The van der Waals surface area contributed by atoms with Gasteiger partial charge in [-0.3, -0.25) is 9.48 Å². The number of rotatable bonds is 7. The normalized spacial score (nSPS) is 14.8. The first kappa shape index (κ1) is 25.9. The number of aliphatic hydroxyl groups is 1. The van der Waals surface area contributed by atoms with Gasteiger partial charge in [0.15, 0.2) is 11.5 Å². The van der Waals surface area contributed by atoms with E-state index in [2.05, 4.69) is 25.5 Å². The molecular weight excluding hydrogens is 525 g/mol. The zero-order valence-electron chi connectivity index (χ0n) is 20.0. The molecule has 1 atom stereocenters. The van der Waals surface area contributed by atoms with Crippen LogP contribution in [0.25, 0.3) is 33.8 Å². The van der Waals surface area contributed by atoms with Crippen LogP contribution in [0.1, 0.15) is 42.2 Å². The lowest BCUT2D eigenvalue weighted by molar-refractivity contribution is -0.144. The number of aromatic nitrogens is 5. The first-order valence-electron chi connectivity index (χ1n) is 11.8. The van der Waals surface area contributed by atoms with Crippen molar-refractivity contribution in [2.45, 2.75) is 51.1 Å². The molecule has 0 bridgehead atoms. The number of carbonyl (C=O) groups is 1. The van der Waals surface area contributed by atoms with Gasteiger partial charge in [0.2, 0.25) is 0 Å². The maximum absolute atomic E-state index is 14.2. The van der Waals surface area contributed by atoms with E-state index in [1.165, 1.54) is 25.5 Å². The number of alkyl halides is 3. The molecule has 4 aromatic rings. The van der Waals surface area contributed by atoms with Crippen molar-refractivity contribution >= 4 is 17.5 Å². The monoisotopic (exact) mass is 546 g/mol. The standard InChI is InChI=1S/C25H22ClF3N6O3/c1-13(36)11-35-23(25(27,28)29)17(10-32-35)22-19(18-8-9-30-12-31-18)21(34-38-22)15-6-3-7-16(20(15)26)24(37)33-14-4-2-5-14/h3,6-10,12-14,36H,2,4-5,11H2,1H3,(H,33,37). The lowest BCUT2D eigenvalue weighted by atomic mass is 9.92. The van der Waals surface area contributed by atoms with Crippen molar-refractivity contribution in [2.24, 2.45) is 0 Å². The number of nitrogens with zero attached hydrogens (tertiary/aromatic N) is 5. The summed E-state index contributed by atoms with van der Waals surface area (Å²) < 4.78 is 48.7. The number of aliphatic hydroxyl groups excluding tert-OH is 1. The van der Waals surface area contributed by atoms with Crippen molar-refractivity contribution in [3.63, 3.8) is 0 Å². The van der Waals surface area contributed by atoms with Crippen molar-refractivity contribution in [2.75, 3.05) is 0 Å². The topological polar surface area (TPSA) is 119 Å². The molecule has 0 aliphatic heterocycles. The molecule has 5 rings (SSSR count). The van der Waals surface area contributed by atoms with Crippen molar-refractivity contribution in [3.05, 3.63) is 59.3 Å². The number of amides is 1. The van der Waals surface area contributed by atoms with Crippen LogP contribution in [0.2, 0.25) is 5.02 Å². The quantitative estimate of drug-likeness (QED) is 0.335. The fourth-order valence-corrected chi connectivity index (χ4v) is 4.58. The molecule has 9 nitrogen and oxygen atoms in total. The zero-order chi connectivity index (χ0) is 27.0. The van der Waals surface area contributed by atoms with E-state index in [4.69, 9.17) is 16.1 Å². The summed E-state index contributed by atoms with van der Waals surface area (Å²) in [5.74, 6) is -0.601. The predicted octanol–water partition coefficient (Wildman–Crippen LogP) is 5.00. The summed E-state index contributed by atoms with van der Waals surface area (Å²) in [5.41, 5.74) is -0.581. The average Bonchev–Trinajstić information content (AvgIpc) is 3.46. The first-order chi connectivity index (χ1) is 18.1. The second-order valence-electron chi connectivity index (χ2n) is 9.03. The van der Waals surface area contributed by atoms with Gasteiger partial charge in [0.1, 0.15) is 12.0 Å². The van der Waals surface area contributed by atoms with Gasteiger partial charge in [-0.15, -0.1) is 0 Å². The molecular formula is C25H22ClF3N6O3. The predicted molar refractivity (Wildman–Crippen MR) is 131 cm³/mol. The van der Waals surface area contributed by atoms with E-state index < -0.39 is 18.0 Å². The van der Waals surface area contributed by atoms with Crippen LogP contribution >= 0.6 is 11.6 Å². The Morgan fingerprint density at radius 1 is 1.29 bits per heavy atom. The molecule has 1 unspecified atom stereocenters. The second-order valence-corrected chi connectivity index (χ2v) is 9.41. The molecule has 0 saturated heterocycles. The largest absolute Gasteiger partial charge is 0.433 e. The van der Waals surface area contributed by atoms with Crippen LogP contribution in [0.4, 0.5) is 13.2 Å². The van der Waals surface area contributed by atoms with Crippen LogP contribution in [0.15, 0.2) is 47.5 Å². The molecule has 1 aliphatic carbocycles. The molecule has 1 aromatic carbocycles. The van der Waals surface area contributed by atoms with Crippen LogP contribution in [0, 0.1) is 0 Å². The Kier molecular flexibility index (Phi) is 6.93. The smallest absolute Gasteiger partial charge is 0.391 e. The summed E-state index contributed by atoms with van der Waals surface area (Å²) in [4.78, 5) is 21.0. The second kappa shape index (κ2) is 10.2. The third-order valence-corrected chi connectivity index (χ3v) is 6.67. The molecule has 1 amide bonds. The van der Waals surface area contributed by atoms with Gasteiger partial charge in [-0.1, -0.05) is 28.9 Å². The molecule has 3 aromatic heterocycles. The third-order valence-electron chi connectivity index (χ3n) is 6.26. The maximum atomic E-state index is 14.2. The maximum Gasteiger partial charge on any atom is 0.433 e. The lowest BCUT2D eigenvalue weighted by Crippen LogP contribution is -2.39. The van der Waals surface area contributed by atoms with E-state index in [0.29, 0.717) is 4.68 Å². The van der Waals surface area contributed by atoms with Crippen molar-refractivity contribution < 1.29 is 27.6 Å². The van der Waals surface area contributed by atoms with E-state index in [1.807, 2.05) is 0 Å². The van der Waals surface area contributed by atoms with Gasteiger partial charge in [0, 0.05) is 17.8 Å². The highest BCUT2D eigenvalue weighted by Crippen LogP contribution is 2.45. The molecule has 1 saturated carbocycles. The highest BCUT2D eigenvalue weighted by molar-refractivity contribution is 6.36. The van der Waals surface area contributed by atoms with E-state index in [-0.39, 0.29) is 62.9 Å². The summed E-state index contributed by atoms with van der Waals surface area (Å²) in [5, 5.41) is 20.6. The molecule has 2 N–H and O–H groups in total. The Morgan fingerprint density at radius 2 is 2.08 bits per heavy atom. The van der Waals surface area contributed by atoms with E-state index >= 15 is 0 Å². The Labute approximate surface area is 219 Å². The minimum atomic E-state index is -4.83. The number of hydrogen-bond acceptors (Lipinski definition) is 7. The Balaban J connectivity index is 1.68. The third kappa shape index (κ3) is 4.88. The molecule has 0 spiro atoms. The molecule has 38 heavy (non-hydrogen) atoms. The van der Waals surface area contributed by atoms with Gasteiger partial charge in [0.25, 0.3) is 5.91 Å². The first-order valence-corrected chi connectivity index (χ1v) is 12.2. The van der Waals surface area contributed by atoms with Crippen molar-refractivity contribution in [1.82, 2.24) is 30.2 Å². The van der Waals surface area contributed by atoms with Gasteiger partial charge >= 0.3 is 6.18 Å².